The second kappa shape index (κ2) is 6.85. The van der Waals surface area contributed by atoms with Crippen LogP contribution in [0.1, 0.15) is 0 Å². The van der Waals surface area contributed by atoms with Crippen molar-refractivity contribution in [3.05, 3.63) is 53.4 Å². The molecule has 0 saturated carbocycles. The number of hydrogen-bond acceptors (Lipinski definition) is 5. The van der Waals surface area contributed by atoms with Gasteiger partial charge in [-0.15, -0.1) is 10.2 Å². The second-order valence-electron chi connectivity index (χ2n) is 3.60. The van der Waals surface area contributed by atoms with Crippen LogP contribution in [0.4, 0.5) is 15.9 Å². The number of ether oxygens (including phenoxy) is 1. The lowest BCUT2D eigenvalue weighted by Crippen LogP contribution is -1.98. The number of rotatable bonds is 5. The summed E-state index contributed by atoms with van der Waals surface area (Å²) in [5.74, 6) is -0.848. The quantitative estimate of drug-likeness (QED) is 0.602. The molecule has 0 aliphatic rings. The van der Waals surface area contributed by atoms with Gasteiger partial charge in [-0.1, -0.05) is 28.6 Å². The Morgan fingerprint density at radius 2 is 2.05 bits per heavy atom. The predicted molar refractivity (Wildman–Crippen MR) is 76.0 cm³/mol. The average Bonchev–Trinajstić information content (AvgIpc) is 2.46. The largest absolute Gasteiger partial charge is 0.459 e. The van der Waals surface area contributed by atoms with E-state index in [0.717, 1.165) is 10.7 Å². The first-order valence-electron chi connectivity index (χ1n) is 5.62. The molecule has 0 spiro atoms. The lowest BCUT2D eigenvalue weighted by Gasteiger charge is -2.01. The monoisotopic (exact) mass is 336 g/mol. The standard InChI is InChI=1S/C13H10BrFN4O/c1-2-7-20-13-16-8-11(15)12(17-13)19-18-10-5-3-9(14)4-6-10/h2-6,8H,1,7H2. The van der Waals surface area contributed by atoms with Gasteiger partial charge in [0.05, 0.1) is 11.9 Å². The highest BCUT2D eigenvalue weighted by atomic mass is 79.9. The van der Waals surface area contributed by atoms with Crippen molar-refractivity contribution < 1.29 is 9.13 Å². The highest BCUT2D eigenvalue weighted by Gasteiger charge is 2.06. The molecule has 2 aromatic rings. The molecule has 0 amide bonds. The molecule has 0 aliphatic heterocycles. The van der Waals surface area contributed by atoms with E-state index in [0.29, 0.717) is 5.69 Å². The summed E-state index contributed by atoms with van der Waals surface area (Å²) in [6, 6.07) is 7.12. The molecule has 0 N–H and O–H groups in total. The maximum Gasteiger partial charge on any atom is 0.318 e. The first-order valence-corrected chi connectivity index (χ1v) is 6.42. The number of hydrogen-bond donors (Lipinski definition) is 0. The van der Waals surface area contributed by atoms with Crippen LogP contribution < -0.4 is 4.74 Å². The summed E-state index contributed by atoms with van der Waals surface area (Å²) in [6.07, 6.45) is 2.52. The van der Waals surface area contributed by atoms with Crippen LogP contribution in [-0.4, -0.2) is 16.6 Å². The molecule has 0 unspecified atom stereocenters. The lowest BCUT2D eigenvalue weighted by atomic mass is 10.3. The highest BCUT2D eigenvalue weighted by molar-refractivity contribution is 9.10. The average molecular weight is 337 g/mol. The van der Waals surface area contributed by atoms with Gasteiger partial charge in [-0.3, -0.25) is 0 Å². The minimum atomic E-state index is -0.670. The minimum absolute atomic E-state index is 0.0241. The van der Waals surface area contributed by atoms with E-state index < -0.39 is 5.82 Å². The molecule has 7 heteroatoms. The fourth-order valence-corrected chi connectivity index (χ4v) is 1.49. The minimum Gasteiger partial charge on any atom is -0.459 e. The Hall–Kier alpha value is -2.15. The summed E-state index contributed by atoms with van der Waals surface area (Å²) < 4.78 is 19.5. The molecule has 1 aromatic heterocycles. The van der Waals surface area contributed by atoms with Gasteiger partial charge in [0.15, 0.2) is 5.82 Å². The van der Waals surface area contributed by atoms with Crippen LogP contribution in [0.25, 0.3) is 0 Å². The Bertz CT molecular complexity index is 631. The molecule has 0 fully saturated rings. The molecule has 1 aromatic carbocycles. The number of nitrogens with zero attached hydrogens (tertiary/aromatic N) is 4. The fourth-order valence-electron chi connectivity index (χ4n) is 1.23. The first kappa shape index (κ1) is 14.3. The van der Waals surface area contributed by atoms with Gasteiger partial charge in [0.1, 0.15) is 6.61 Å². The molecular weight excluding hydrogens is 327 g/mol. The smallest absolute Gasteiger partial charge is 0.318 e. The maximum absolute atomic E-state index is 13.5. The van der Waals surface area contributed by atoms with E-state index in [-0.39, 0.29) is 18.4 Å². The zero-order valence-corrected chi connectivity index (χ0v) is 11.9. The van der Waals surface area contributed by atoms with Gasteiger partial charge in [-0.2, -0.15) is 4.98 Å². The van der Waals surface area contributed by atoms with Gasteiger partial charge < -0.3 is 4.74 Å². The van der Waals surface area contributed by atoms with Crippen LogP contribution in [0.5, 0.6) is 6.01 Å². The van der Waals surface area contributed by atoms with Crippen LogP contribution in [0.2, 0.25) is 0 Å². The number of halogens is 2. The third kappa shape index (κ3) is 3.92. The molecule has 0 radical (unpaired) electrons. The molecule has 0 saturated heterocycles. The van der Waals surface area contributed by atoms with E-state index in [1.165, 1.54) is 6.08 Å². The normalized spacial score (nSPS) is 10.7. The Kier molecular flexibility index (Phi) is 4.89. The van der Waals surface area contributed by atoms with Gasteiger partial charge in [0.25, 0.3) is 0 Å². The Balaban J connectivity index is 2.18. The molecule has 2 rings (SSSR count). The zero-order chi connectivity index (χ0) is 14.4. The molecule has 5 nitrogen and oxygen atoms in total. The van der Waals surface area contributed by atoms with Crippen LogP contribution >= 0.6 is 15.9 Å². The predicted octanol–water partition coefficient (Wildman–Crippen LogP) is 4.36. The molecule has 0 aliphatic carbocycles. The van der Waals surface area contributed by atoms with Crippen LogP contribution in [0, 0.1) is 5.82 Å². The summed E-state index contributed by atoms with van der Waals surface area (Å²) in [6.45, 7) is 3.73. The first-order chi connectivity index (χ1) is 9.69. The summed E-state index contributed by atoms with van der Waals surface area (Å²) in [7, 11) is 0. The van der Waals surface area contributed by atoms with Crippen molar-refractivity contribution in [2.75, 3.05) is 6.61 Å². The van der Waals surface area contributed by atoms with Crippen molar-refractivity contribution in [2.24, 2.45) is 10.2 Å². The van der Waals surface area contributed by atoms with Crippen LogP contribution in [0.15, 0.2) is 57.8 Å². The number of azo groups is 1. The van der Waals surface area contributed by atoms with E-state index >= 15 is 0 Å². The van der Waals surface area contributed by atoms with Crippen LogP contribution in [-0.2, 0) is 0 Å². The van der Waals surface area contributed by atoms with Crippen LogP contribution in [0.3, 0.4) is 0 Å². The fraction of sp³-hybridized carbons (Fsp3) is 0.0769. The van der Waals surface area contributed by atoms with Crippen molar-refractivity contribution >= 4 is 27.4 Å². The molecule has 102 valence electrons. The van der Waals surface area contributed by atoms with E-state index in [2.05, 4.69) is 42.7 Å². The Labute approximate surface area is 123 Å². The van der Waals surface area contributed by atoms with Crippen molar-refractivity contribution in [1.29, 1.82) is 0 Å². The van der Waals surface area contributed by atoms with Crippen molar-refractivity contribution in [1.82, 2.24) is 9.97 Å². The summed E-state index contributed by atoms with van der Waals surface area (Å²) in [4.78, 5) is 7.50. The van der Waals surface area contributed by atoms with E-state index in [9.17, 15) is 4.39 Å². The van der Waals surface area contributed by atoms with E-state index in [1.807, 2.05) is 12.1 Å². The van der Waals surface area contributed by atoms with Gasteiger partial charge >= 0.3 is 6.01 Å². The van der Waals surface area contributed by atoms with E-state index in [1.54, 1.807) is 12.1 Å². The van der Waals surface area contributed by atoms with Crippen molar-refractivity contribution in [2.45, 2.75) is 0 Å². The summed E-state index contributed by atoms with van der Waals surface area (Å²) in [5.41, 5.74) is 0.583. The Morgan fingerprint density at radius 1 is 1.30 bits per heavy atom. The molecule has 20 heavy (non-hydrogen) atoms. The van der Waals surface area contributed by atoms with Gasteiger partial charge in [0, 0.05) is 4.47 Å². The maximum atomic E-state index is 13.5. The molecular formula is C13H10BrFN4O. The number of aromatic nitrogens is 2. The van der Waals surface area contributed by atoms with Crippen molar-refractivity contribution in [3.63, 3.8) is 0 Å². The summed E-state index contributed by atoms with van der Waals surface area (Å²) >= 11 is 3.31. The van der Waals surface area contributed by atoms with Gasteiger partial charge in [-0.05, 0) is 24.3 Å². The summed E-state index contributed by atoms with van der Waals surface area (Å²) in [5, 5.41) is 7.65. The zero-order valence-electron chi connectivity index (χ0n) is 10.3. The SMILES string of the molecule is C=CCOc1ncc(F)c(N=Nc2ccc(Br)cc2)n1. The molecule has 1 heterocycles. The molecule has 0 atom stereocenters. The third-order valence-electron chi connectivity index (χ3n) is 2.12. The van der Waals surface area contributed by atoms with Gasteiger partial charge in [-0.25, -0.2) is 9.37 Å². The topological polar surface area (TPSA) is 59.7 Å². The van der Waals surface area contributed by atoms with E-state index in [4.69, 9.17) is 4.74 Å². The second-order valence-corrected chi connectivity index (χ2v) is 4.52. The third-order valence-corrected chi connectivity index (χ3v) is 2.65. The lowest BCUT2D eigenvalue weighted by molar-refractivity contribution is 0.331. The Morgan fingerprint density at radius 3 is 2.75 bits per heavy atom. The van der Waals surface area contributed by atoms with Crippen molar-refractivity contribution in [3.8, 4) is 6.01 Å². The highest BCUT2D eigenvalue weighted by Crippen LogP contribution is 2.22. The van der Waals surface area contributed by atoms with Gasteiger partial charge in [0.2, 0.25) is 5.82 Å². The molecule has 0 bridgehead atoms. The number of benzene rings is 1.